The number of nitrogens with zero attached hydrogens (tertiary/aromatic N) is 13. The third-order valence-electron chi connectivity index (χ3n) is 23.7. The first kappa shape index (κ1) is 103. The topological polar surface area (TPSA) is 387 Å². The van der Waals surface area contributed by atoms with Crippen LogP contribution < -0.4 is 37.2 Å². The molecule has 15 aromatic rings. The van der Waals surface area contributed by atoms with Crippen molar-refractivity contribution < 1.29 is 52.6 Å². The Morgan fingerprint density at radius 3 is 0.695 bits per heavy atom. The standard InChI is InChI=1S/3C22H26N4O3S2.2C17H18N4OS2/c3*1-11-9-14-17(20-25-15-10-23-8-7-16(15)30-20)19(24-13(3)27)31-18(14)12(2)26(11)21(28)29-22(4,5)6;2*1-8-6-11-14(17-21-12-7-18-5-4-13(12)23-17)16(20-10(3)22)24-15(11)9(2)19-8/h3*7-8,10-12H,9H2,1-6H3,(H,24,27);2*4-5,7-9,19H,6H2,1-3H3,(H,20,22)/t2*11-,12-;;2*8-,9-/m10.10/s1. The first-order valence-corrected chi connectivity index (χ1v) is 54.6. The highest BCUT2D eigenvalue weighted by Crippen LogP contribution is 2.56. The van der Waals surface area contributed by atoms with Gasteiger partial charge in [0.1, 0.15) is 94.4 Å². The lowest BCUT2D eigenvalue weighted by atomic mass is 9.93. The number of thiophene rings is 5. The zero-order chi connectivity index (χ0) is 101. The number of rotatable bonds is 10. The number of aromatic nitrogens is 10. The second-order valence-corrected chi connectivity index (χ2v) is 49.2. The van der Waals surface area contributed by atoms with Crippen molar-refractivity contribution in [1.82, 2.24) is 75.2 Å². The quantitative estimate of drug-likeness (QED) is 0.0625. The molecule has 8 amide bonds. The summed E-state index contributed by atoms with van der Waals surface area (Å²) in [5, 5.41) is 30.8. The van der Waals surface area contributed by atoms with E-state index in [1.165, 1.54) is 75.7 Å². The van der Waals surface area contributed by atoms with Crippen LogP contribution in [0.15, 0.2) is 92.3 Å². The van der Waals surface area contributed by atoms with E-state index in [1.807, 2.05) is 134 Å². The highest BCUT2D eigenvalue weighted by atomic mass is 32.1. The summed E-state index contributed by atoms with van der Waals surface area (Å²) in [6.07, 6.45) is 20.6. The van der Waals surface area contributed by atoms with Crippen LogP contribution in [0.25, 0.3) is 104 Å². The molecule has 5 aliphatic rings. The number of fused-ring (bicyclic) bond motifs is 10. The Morgan fingerprint density at radius 2 is 0.504 bits per heavy atom. The van der Waals surface area contributed by atoms with Crippen molar-refractivity contribution in [3.63, 3.8) is 0 Å². The Labute approximate surface area is 857 Å². The van der Waals surface area contributed by atoms with Gasteiger partial charge in [-0.1, -0.05) is 0 Å². The SMILES string of the molecule is CC(=O)Nc1sc2c(c1-c1nc3cnccc3s1)CC(C)N(C(=O)OC(C)(C)C)C2C.CC(=O)Nc1sc2c(c1-c1nc3cnccc3s1)C[C@@H](C)N(C(=O)OC(C)(C)C)[C@@H]2C.CC(=O)Nc1sc2c(c1-c1nc3cnccc3s1)C[C@@H](C)N[C@@H]2C.CC(=O)Nc1sc2c(c1-c1nc3cnccc3s1)C[C@H](C)N(C(=O)OC(C)(C)C)[C@H]2C.CC(=O)Nc1sc2c(c1-c1nc3cnccc3s1)C[C@H](C)N[C@H]2C. The fourth-order valence-electron chi connectivity index (χ4n) is 18.3. The molecule has 2 unspecified atom stereocenters. The molecule has 15 aromatic heterocycles. The molecule has 0 saturated heterocycles. The zero-order valence-corrected chi connectivity index (χ0v) is 91.0. The van der Waals surface area contributed by atoms with Gasteiger partial charge in [-0.05, 0) is 222 Å². The molecule has 0 saturated carbocycles. The van der Waals surface area contributed by atoms with Crippen LogP contribution in [0.4, 0.5) is 39.4 Å². The molecule has 31 nitrogen and oxygen atoms in total. The van der Waals surface area contributed by atoms with Gasteiger partial charge in [-0.3, -0.25) is 63.6 Å². The number of carbonyl (C=O) groups excluding carboxylic acids is 8. The van der Waals surface area contributed by atoms with Gasteiger partial charge in [0.15, 0.2) is 0 Å². The molecule has 740 valence electrons. The van der Waals surface area contributed by atoms with Crippen LogP contribution in [0.5, 0.6) is 0 Å². The van der Waals surface area contributed by atoms with Crippen LogP contribution >= 0.6 is 113 Å². The van der Waals surface area contributed by atoms with Crippen LogP contribution in [0, 0.1) is 0 Å². The van der Waals surface area contributed by atoms with E-state index in [-0.39, 0.29) is 96.2 Å². The van der Waals surface area contributed by atoms with Gasteiger partial charge in [0.25, 0.3) is 0 Å². The number of pyridine rings is 5. The minimum Gasteiger partial charge on any atom is -0.444 e. The van der Waals surface area contributed by atoms with E-state index >= 15 is 0 Å². The Hall–Kier alpha value is -11.2. The van der Waals surface area contributed by atoms with Crippen LogP contribution in [0.3, 0.4) is 0 Å². The third kappa shape index (κ3) is 22.6. The molecule has 0 fully saturated rings. The van der Waals surface area contributed by atoms with Gasteiger partial charge in [-0.15, -0.1) is 113 Å². The van der Waals surface area contributed by atoms with Gasteiger partial charge < -0.3 is 51.4 Å². The molecule has 41 heteroatoms. The Balaban J connectivity index is 0.000000127. The first-order valence-electron chi connectivity index (χ1n) is 46.5. The van der Waals surface area contributed by atoms with Crippen molar-refractivity contribution in [2.24, 2.45) is 0 Å². The number of anilines is 5. The molecular formula is C100H114N20O11S10. The van der Waals surface area contributed by atoms with Crippen LogP contribution in [-0.4, -0.2) is 159 Å². The summed E-state index contributed by atoms with van der Waals surface area (Å²) in [4.78, 5) is 154. The summed E-state index contributed by atoms with van der Waals surface area (Å²) < 4.78 is 22.4. The maximum Gasteiger partial charge on any atom is 0.411 e. The largest absolute Gasteiger partial charge is 0.444 e. The predicted molar refractivity (Wildman–Crippen MR) is 574 cm³/mol. The lowest BCUT2D eigenvalue weighted by molar-refractivity contribution is -0.115. The summed E-state index contributed by atoms with van der Waals surface area (Å²) in [5.41, 5.74) is 13.7. The fourth-order valence-corrected chi connectivity index (χ4v) is 30.3. The second-order valence-electron chi connectivity index (χ2n) is 38.8. The molecule has 141 heavy (non-hydrogen) atoms. The number of nitrogens with one attached hydrogen (secondary N) is 7. The summed E-state index contributed by atoms with van der Waals surface area (Å²) in [5.74, 6) is -0.496. The Morgan fingerprint density at radius 1 is 0.305 bits per heavy atom. The molecule has 0 radical (unpaired) electrons. The smallest absolute Gasteiger partial charge is 0.411 e. The van der Waals surface area contributed by atoms with Crippen LogP contribution in [0.1, 0.15) is 249 Å². The van der Waals surface area contributed by atoms with Gasteiger partial charge in [0, 0.05) is 160 Å². The summed E-state index contributed by atoms with van der Waals surface area (Å²) >= 11 is 15.9. The lowest BCUT2D eigenvalue weighted by Gasteiger charge is -2.39. The predicted octanol–water partition coefficient (Wildman–Crippen LogP) is 24.8. The molecule has 0 bridgehead atoms. The van der Waals surface area contributed by atoms with E-state index in [1.54, 1.807) is 170 Å². The number of hydrogen-bond donors (Lipinski definition) is 7. The number of carbonyl (C=O) groups is 8. The monoisotopic (exact) mass is 2090 g/mol. The van der Waals surface area contributed by atoms with Crippen molar-refractivity contribution >= 4 is 237 Å². The minimum atomic E-state index is -0.562. The average molecular weight is 2090 g/mol. The van der Waals surface area contributed by atoms with Crippen molar-refractivity contribution in [3.05, 3.63) is 145 Å². The van der Waals surface area contributed by atoms with E-state index in [0.29, 0.717) is 31.3 Å². The second kappa shape index (κ2) is 41.6. The normalized spacial score (nSPS) is 19.2. The van der Waals surface area contributed by atoms with E-state index in [2.05, 4.69) is 89.8 Å². The minimum absolute atomic E-state index is 0.0491. The van der Waals surface area contributed by atoms with Crippen molar-refractivity contribution in [1.29, 1.82) is 0 Å². The molecule has 7 N–H and O–H groups in total. The zero-order valence-electron chi connectivity index (χ0n) is 82.9. The molecule has 0 spiro atoms. The van der Waals surface area contributed by atoms with Gasteiger partial charge in [0.05, 0.1) is 72.6 Å². The third-order valence-corrected chi connectivity index (χ3v) is 35.5. The van der Waals surface area contributed by atoms with E-state index in [0.717, 1.165) is 173 Å². The van der Waals surface area contributed by atoms with Gasteiger partial charge in [-0.25, -0.2) is 39.3 Å². The maximum atomic E-state index is 12.9. The summed E-state index contributed by atoms with van der Waals surface area (Å²) in [7, 11) is 0. The number of hydrogen-bond acceptors (Lipinski definition) is 33. The fraction of sp³-hybridized carbons (Fsp3) is 0.420. The number of ether oxygens (including phenoxy) is 3. The Kier molecular flexibility index (Phi) is 30.3. The Bertz CT molecular complexity index is 6570. The van der Waals surface area contributed by atoms with Crippen molar-refractivity contribution in [3.8, 4) is 52.9 Å². The molecule has 20 rings (SSSR count). The molecule has 5 aliphatic heterocycles. The van der Waals surface area contributed by atoms with Crippen LogP contribution in [0.2, 0.25) is 0 Å². The van der Waals surface area contributed by atoms with Gasteiger partial charge in [-0.2, -0.15) is 0 Å². The van der Waals surface area contributed by atoms with Crippen LogP contribution in [-0.2, 0) is 70.3 Å². The van der Waals surface area contributed by atoms with Crippen molar-refractivity contribution in [2.75, 3.05) is 26.6 Å². The molecule has 0 aliphatic carbocycles. The van der Waals surface area contributed by atoms with Gasteiger partial charge >= 0.3 is 18.3 Å². The summed E-state index contributed by atoms with van der Waals surface area (Å²) in [6, 6.07) is 10.5. The highest BCUT2D eigenvalue weighted by Gasteiger charge is 2.45. The maximum absolute atomic E-state index is 12.9. The van der Waals surface area contributed by atoms with E-state index < -0.39 is 16.8 Å². The number of thiazole rings is 5. The first-order chi connectivity index (χ1) is 66.7. The molecule has 0 aromatic carbocycles. The lowest BCUT2D eigenvalue weighted by Crippen LogP contribution is -2.46. The molecule has 20 heterocycles. The van der Waals surface area contributed by atoms with Gasteiger partial charge in [0.2, 0.25) is 29.5 Å². The number of amides is 8. The summed E-state index contributed by atoms with van der Waals surface area (Å²) in [6.45, 7) is 45.3. The average Bonchev–Trinajstić information content (AvgIpc) is 1.56. The van der Waals surface area contributed by atoms with E-state index in [4.69, 9.17) is 39.1 Å². The molecule has 10 atom stereocenters. The highest BCUT2D eigenvalue weighted by molar-refractivity contribution is 7.25. The molecular weight excluding hydrogens is 1980 g/mol. The van der Waals surface area contributed by atoms with Crippen molar-refractivity contribution in [2.45, 2.75) is 275 Å². The van der Waals surface area contributed by atoms with E-state index in [9.17, 15) is 38.4 Å².